The van der Waals surface area contributed by atoms with E-state index in [1.165, 1.54) is 0 Å². The zero-order chi connectivity index (χ0) is 18.4. The van der Waals surface area contributed by atoms with Crippen molar-refractivity contribution in [2.75, 3.05) is 0 Å². The van der Waals surface area contributed by atoms with Crippen LogP contribution in [-0.4, -0.2) is 13.4 Å². The zero-order valence-corrected chi connectivity index (χ0v) is 15.1. The van der Waals surface area contributed by atoms with Gasteiger partial charge in [0.1, 0.15) is 0 Å². The summed E-state index contributed by atoms with van der Waals surface area (Å²) in [4.78, 5) is 5.21. The minimum absolute atomic E-state index is 0.374. The first kappa shape index (κ1) is 16.0. The van der Waals surface area contributed by atoms with Crippen LogP contribution in [0.3, 0.4) is 0 Å². The van der Waals surface area contributed by atoms with E-state index >= 15 is 0 Å². The third-order valence-electron chi connectivity index (χ3n) is 4.90. The molecule has 0 saturated heterocycles. The second kappa shape index (κ2) is 5.89. The van der Waals surface area contributed by atoms with E-state index in [2.05, 4.69) is 4.98 Å². The smallest absolute Gasteiger partial charge is 0.207 e. The number of aromatic nitrogens is 1. The Labute approximate surface area is 157 Å². The Bertz CT molecular complexity index is 1280. The van der Waals surface area contributed by atoms with E-state index in [0.717, 1.165) is 33.5 Å². The van der Waals surface area contributed by atoms with Crippen LogP contribution in [0.4, 0.5) is 0 Å². The molecule has 5 rings (SSSR count). The largest absolute Gasteiger partial charge is 0.256 e. The summed E-state index contributed by atoms with van der Waals surface area (Å²) in [5.74, 6) is 0. The predicted octanol–water partition coefficient (Wildman–Crippen LogP) is 5.23. The Morgan fingerprint density at radius 1 is 0.593 bits per heavy atom. The highest BCUT2D eigenvalue weighted by molar-refractivity contribution is 7.92. The molecule has 3 aromatic carbocycles. The summed E-state index contributed by atoms with van der Waals surface area (Å²) >= 11 is 0. The van der Waals surface area contributed by atoms with Crippen LogP contribution in [0.5, 0.6) is 0 Å². The highest BCUT2D eigenvalue weighted by Gasteiger charge is 2.32. The molecule has 3 nitrogen and oxygen atoms in total. The van der Waals surface area contributed by atoms with E-state index in [9.17, 15) is 8.42 Å². The standard InChI is InChI=1S/C23H15NO2S/c25-27(26)22-9-5-4-8-19(22)20-11-10-17(15-23(20)27)18-12-13-24-21(14-18)16-6-2-1-3-7-16/h1-15H. The normalized spacial score (nSPS) is 13.8. The van der Waals surface area contributed by atoms with Gasteiger partial charge in [-0.2, -0.15) is 0 Å². The molecule has 0 aliphatic carbocycles. The van der Waals surface area contributed by atoms with Crippen molar-refractivity contribution in [1.82, 2.24) is 4.98 Å². The first-order valence-corrected chi connectivity index (χ1v) is 10.1. The summed E-state index contributed by atoms with van der Waals surface area (Å²) in [5, 5.41) is 0. The average molecular weight is 369 g/mol. The van der Waals surface area contributed by atoms with Crippen molar-refractivity contribution in [3.63, 3.8) is 0 Å². The molecule has 1 aliphatic heterocycles. The third-order valence-corrected chi connectivity index (χ3v) is 6.75. The summed E-state index contributed by atoms with van der Waals surface area (Å²) in [5.41, 5.74) is 5.24. The Balaban J connectivity index is 1.65. The predicted molar refractivity (Wildman–Crippen MR) is 106 cm³/mol. The molecule has 0 bridgehead atoms. The fourth-order valence-corrected chi connectivity index (χ4v) is 5.28. The average Bonchev–Trinajstić information content (AvgIpc) is 2.96. The molecule has 130 valence electrons. The van der Waals surface area contributed by atoms with Crippen molar-refractivity contribution in [1.29, 1.82) is 0 Å². The van der Waals surface area contributed by atoms with Gasteiger partial charge in [0.25, 0.3) is 0 Å². The van der Waals surface area contributed by atoms with Gasteiger partial charge in [0.15, 0.2) is 0 Å². The lowest BCUT2D eigenvalue weighted by molar-refractivity contribution is 0.598. The van der Waals surface area contributed by atoms with Crippen LogP contribution >= 0.6 is 0 Å². The molecule has 4 heteroatoms. The van der Waals surface area contributed by atoms with Crippen LogP contribution < -0.4 is 0 Å². The van der Waals surface area contributed by atoms with Crippen molar-refractivity contribution in [2.24, 2.45) is 0 Å². The topological polar surface area (TPSA) is 47.0 Å². The Morgan fingerprint density at radius 3 is 2.15 bits per heavy atom. The molecule has 0 unspecified atom stereocenters. The van der Waals surface area contributed by atoms with Crippen molar-refractivity contribution >= 4 is 9.84 Å². The number of hydrogen-bond acceptors (Lipinski definition) is 3. The van der Waals surface area contributed by atoms with Crippen LogP contribution in [0.2, 0.25) is 0 Å². The van der Waals surface area contributed by atoms with Gasteiger partial charge in [0.05, 0.1) is 15.5 Å². The molecular formula is C23H15NO2S. The molecule has 0 N–H and O–H groups in total. The molecule has 2 heterocycles. The number of benzene rings is 3. The number of nitrogens with zero attached hydrogens (tertiary/aromatic N) is 1. The van der Waals surface area contributed by atoms with Crippen molar-refractivity contribution in [2.45, 2.75) is 9.79 Å². The maximum Gasteiger partial charge on any atom is 0.207 e. The van der Waals surface area contributed by atoms with Crippen LogP contribution in [0, 0.1) is 0 Å². The van der Waals surface area contributed by atoms with E-state index in [0.29, 0.717) is 9.79 Å². The molecule has 0 atom stereocenters. The molecule has 0 saturated carbocycles. The van der Waals surface area contributed by atoms with Crippen LogP contribution in [0.25, 0.3) is 33.5 Å². The first-order valence-electron chi connectivity index (χ1n) is 8.65. The van der Waals surface area contributed by atoms with Gasteiger partial charge < -0.3 is 0 Å². The van der Waals surface area contributed by atoms with Gasteiger partial charge in [0, 0.05) is 22.9 Å². The SMILES string of the molecule is O=S1(=O)c2ccccc2-c2ccc(-c3ccnc(-c4ccccc4)c3)cc21. The molecule has 1 aliphatic rings. The molecular weight excluding hydrogens is 354 g/mol. The maximum absolute atomic E-state index is 12.9. The minimum atomic E-state index is -3.47. The number of hydrogen-bond donors (Lipinski definition) is 0. The third kappa shape index (κ3) is 2.49. The lowest BCUT2D eigenvalue weighted by Gasteiger charge is -2.07. The van der Waals surface area contributed by atoms with Crippen LogP contribution in [0.15, 0.2) is 101 Å². The van der Waals surface area contributed by atoms with Gasteiger partial charge in [-0.1, -0.05) is 60.7 Å². The van der Waals surface area contributed by atoms with Crippen LogP contribution in [0.1, 0.15) is 0 Å². The number of fused-ring (bicyclic) bond motifs is 3. The van der Waals surface area contributed by atoms with Gasteiger partial charge in [-0.05, 0) is 35.4 Å². The summed E-state index contributed by atoms with van der Waals surface area (Å²) in [7, 11) is -3.47. The van der Waals surface area contributed by atoms with Gasteiger partial charge in [-0.3, -0.25) is 4.98 Å². The second-order valence-electron chi connectivity index (χ2n) is 6.51. The van der Waals surface area contributed by atoms with E-state index in [4.69, 9.17) is 0 Å². The molecule has 27 heavy (non-hydrogen) atoms. The number of pyridine rings is 1. The van der Waals surface area contributed by atoms with Crippen molar-refractivity contribution in [3.05, 3.63) is 91.1 Å². The molecule has 0 fully saturated rings. The fraction of sp³-hybridized carbons (Fsp3) is 0. The van der Waals surface area contributed by atoms with Gasteiger partial charge in [-0.15, -0.1) is 0 Å². The fourth-order valence-electron chi connectivity index (χ4n) is 3.57. The summed E-state index contributed by atoms with van der Waals surface area (Å²) in [6, 6.07) is 26.6. The maximum atomic E-state index is 12.9. The highest BCUT2D eigenvalue weighted by atomic mass is 32.2. The summed E-state index contributed by atoms with van der Waals surface area (Å²) < 4.78 is 25.9. The number of rotatable bonds is 2. The highest BCUT2D eigenvalue weighted by Crippen LogP contribution is 2.44. The lowest BCUT2D eigenvalue weighted by atomic mass is 10.00. The molecule has 0 radical (unpaired) electrons. The van der Waals surface area contributed by atoms with E-state index in [1.807, 2.05) is 66.7 Å². The number of sulfone groups is 1. The van der Waals surface area contributed by atoms with Gasteiger partial charge in [0.2, 0.25) is 9.84 Å². The molecule has 4 aromatic rings. The van der Waals surface area contributed by atoms with E-state index in [-0.39, 0.29) is 0 Å². The second-order valence-corrected chi connectivity index (χ2v) is 8.39. The van der Waals surface area contributed by atoms with Gasteiger partial charge in [-0.25, -0.2) is 8.42 Å². The Morgan fingerprint density at radius 2 is 1.30 bits per heavy atom. The quantitative estimate of drug-likeness (QED) is 0.428. The molecule has 0 spiro atoms. The first-order chi connectivity index (χ1) is 13.1. The van der Waals surface area contributed by atoms with Gasteiger partial charge >= 0.3 is 0 Å². The lowest BCUT2D eigenvalue weighted by Crippen LogP contribution is -1.96. The molecule has 0 amide bonds. The monoisotopic (exact) mass is 369 g/mol. The minimum Gasteiger partial charge on any atom is -0.256 e. The van der Waals surface area contributed by atoms with Crippen molar-refractivity contribution in [3.8, 4) is 33.5 Å². The summed E-state index contributed by atoms with van der Waals surface area (Å²) in [6.07, 6.45) is 1.76. The Kier molecular flexibility index (Phi) is 3.49. The zero-order valence-electron chi connectivity index (χ0n) is 14.3. The molecule has 1 aromatic heterocycles. The van der Waals surface area contributed by atoms with E-state index in [1.54, 1.807) is 24.4 Å². The van der Waals surface area contributed by atoms with Crippen LogP contribution in [-0.2, 0) is 9.84 Å². The van der Waals surface area contributed by atoms with Crippen molar-refractivity contribution < 1.29 is 8.42 Å². The summed E-state index contributed by atoms with van der Waals surface area (Å²) in [6.45, 7) is 0. The van der Waals surface area contributed by atoms with E-state index < -0.39 is 9.84 Å². The Hall–Kier alpha value is -3.24.